The van der Waals surface area contributed by atoms with Crippen LogP contribution >= 0.6 is 11.3 Å². The van der Waals surface area contributed by atoms with Crippen molar-refractivity contribution >= 4 is 44.4 Å². The number of aryl methyl sites for hydroxylation is 2. The molecule has 7 nitrogen and oxygen atoms in total. The van der Waals surface area contributed by atoms with E-state index in [9.17, 15) is 9.59 Å². The molecule has 2 aliphatic rings. The van der Waals surface area contributed by atoms with Crippen molar-refractivity contribution in [1.29, 1.82) is 0 Å². The van der Waals surface area contributed by atoms with Gasteiger partial charge in [-0.25, -0.2) is 9.78 Å². The van der Waals surface area contributed by atoms with Crippen LogP contribution in [0.25, 0.3) is 32.3 Å². The Hall–Kier alpha value is -4.04. The summed E-state index contributed by atoms with van der Waals surface area (Å²) in [5.41, 5.74) is 5.75. The summed E-state index contributed by atoms with van der Waals surface area (Å²) >= 11 is 1.42. The Labute approximate surface area is 209 Å². The molecule has 0 fully saturated rings. The maximum atomic E-state index is 13.3. The summed E-state index contributed by atoms with van der Waals surface area (Å²) in [6, 6.07) is 13.7. The van der Waals surface area contributed by atoms with Crippen LogP contribution in [-0.2, 0) is 12.8 Å². The van der Waals surface area contributed by atoms with Crippen molar-refractivity contribution in [3.8, 4) is 11.1 Å². The van der Waals surface area contributed by atoms with E-state index >= 15 is 0 Å². The number of hydrogen-bond donors (Lipinski definition) is 0. The van der Waals surface area contributed by atoms with Crippen molar-refractivity contribution in [3.63, 3.8) is 0 Å². The van der Waals surface area contributed by atoms with Gasteiger partial charge in [-0.1, -0.05) is 30.3 Å². The van der Waals surface area contributed by atoms with Crippen LogP contribution in [0.3, 0.4) is 0 Å². The Balaban J connectivity index is 1.32. The lowest BCUT2D eigenvalue weighted by molar-refractivity contribution is 0.548. The van der Waals surface area contributed by atoms with Gasteiger partial charge in [0, 0.05) is 40.7 Å². The van der Waals surface area contributed by atoms with Crippen molar-refractivity contribution in [1.82, 2.24) is 9.66 Å². The number of anilines is 1. The number of thiophene rings is 1. The average molecular weight is 495 g/mol. The predicted molar refractivity (Wildman–Crippen MR) is 144 cm³/mol. The molecule has 36 heavy (non-hydrogen) atoms. The van der Waals surface area contributed by atoms with Crippen molar-refractivity contribution in [2.24, 2.45) is 5.10 Å². The molecule has 178 valence electrons. The Kier molecular flexibility index (Phi) is 4.89. The molecule has 0 spiro atoms. The highest BCUT2D eigenvalue weighted by Gasteiger charge is 2.27. The Bertz CT molecular complexity index is 1800. The van der Waals surface area contributed by atoms with Gasteiger partial charge in [-0.15, -0.1) is 11.3 Å². The molecule has 0 saturated carbocycles. The van der Waals surface area contributed by atoms with Gasteiger partial charge in [0.25, 0.3) is 5.56 Å². The Morgan fingerprint density at radius 3 is 2.75 bits per heavy atom. The number of benzene rings is 2. The zero-order valence-electron chi connectivity index (χ0n) is 19.4. The molecule has 0 saturated heterocycles. The molecule has 0 bridgehead atoms. The van der Waals surface area contributed by atoms with E-state index in [1.165, 1.54) is 39.8 Å². The SMILES string of the molecule is O=c1oc2c3c4c(cc2cc1/C=N/n1cnc2scc(-c5ccccc5)c2c1=O)CCCN4CCC3. The largest absolute Gasteiger partial charge is 0.422 e. The summed E-state index contributed by atoms with van der Waals surface area (Å²) in [5, 5.41) is 7.68. The zero-order valence-corrected chi connectivity index (χ0v) is 20.3. The summed E-state index contributed by atoms with van der Waals surface area (Å²) < 4.78 is 7.02. The minimum absolute atomic E-state index is 0.278. The van der Waals surface area contributed by atoms with Gasteiger partial charge in [0.15, 0.2) is 0 Å². The molecule has 0 unspecified atom stereocenters. The monoisotopic (exact) mass is 494 g/mol. The smallest absolute Gasteiger partial charge is 0.345 e. The van der Waals surface area contributed by atoms with Crippen LogP contribution in [0.2, 0.25) is 0 Å². The number of nitrogens with zero attached hydrogens (tertiary/aromatic N) is 4. The van der Waals surface area contributed by atoms with E-state index in [0.717, 1.165) is 60.8 Å². The number of hydrogen-bond acceptors (Lipinski definition) is 7. The van der Waals surface area contributed by atoms with E-state index in [0.29, 0.717) is 21.4 Å². The number of rotatable bonds is 3. The first kappa shape index (κ1) is 21.3. The molecule has 8 heteroatoms. The van der Waals surface area contributed by atoms with E-state index in [1.807, 2.05) is 41.8 Å². The second kappa shape index (κ2) is 8.27. The standard InChI is InChI=1S/C28H22N4O3S/c33-27-23-22(17-6-2-1-3-7-17)15-36-26(23)29-16-32(27)30-14-20-13-19-12-18-8-4-10-31-11-5-9-21(24(18)31)25(19)35-28(20)34/h1-3,6-7,12-16H,4-5,8-11H2/b30-14+. The van der Waals surface area contributed by atoms with Gasteiger partial charge in [0.2, 0.25) is 0 Å². The van der Waals surface area contributed by atoms with Crippen LogP contribution in [0.5, 0.6) is 0 Å². The van der Waals surface area contributed by atoms with Gasteiger partial charge in [-0.3, -0.25) is 4.79 Å². The quantitative estimate of drug-likeness (QED) is 0.266. The summed E-state index contributed by atoms with van der Waals surface area (Å²) in [6.45, 7) is 2.12. The summed E-state index contributed by atoms with van der Waals surface area (Å²) in [6.07, 6.45) is 6.93. The first-order chi connectivity index (χ1) is 17.7. The van der Waals surface area contributed by atoms with E-state index in [4.69, 9.17) is 4.42 Å². The van der Waals surface area contributed by atoms with E-state index in [2.05, 4.69) is 21.1 Å². The van der Waals surface area contributed by atoms with Crippen LogP contribution in [0, 0.1) is 0 Å². The van der Waals surface area contributed by atoms with E-state index in [1.54, 1.807) is 0 Å². The topological polar surface area (TPSA) is 80.7 Å². The zero-order chi connectivity index (χ0) is 24.2. The summed E-state index contributed by atoms with van der Waals surface area (Å²) in [7, 11) is 0. The molecule has 0 atom stereocenters. The fourth-order valence-electron chi connectivity index (χ4n) is 5.51. The molecule has 0 amide bonds. The number of fused-ring (bicyclic) bond motifs is 3. The van der Waals surface area contributed by atoms with Gasteiger partial charge in [0.05, 0.1) is 17.2 Å². The minimum atomic E-state index is -0.460. The molecule has 2 aliphatic heterocycles. The maximum Gasteiger partial charge on any atom is 0.345 e. The molecule has 5 heterocycles. The third-order valence-corrected chi connectivity index (χ3v) is 8.01. The van der Waals surface area contributed by atoms with Gasteiger partial charge in [-0.2, -0.15) is 9.78 Å². The highest BCUT2D eigenvalue weighted by atomic mass is 32.1. The third-order valence-electron chi connectivity index (χ3n) is 7.13. The van der Waals surface area contributed by atoms with Crippen molar-refractivity contribution in [2.75, 3.05) is 18.0 Å². The van der Waals surface area contributed by atoms with Crippen molar-refractivity contribution in [2.45, 2.75) is 25.7 Å². The van der Waals surface area contributed by atoms with Crippen LogP contribution in [0.4, 0.5) is 5.69 Å². The van der Waals surface area contributed by atoms with Crippen LogP contribution in [0.1, 0.15) is 29.5 Å². The molecular weight excluding hydrogens is 472 g/mol. The Morgan fingerprint density at radius 2 is 1.89 bits per heavy atom. The van der Waals surface area contributed by atoms with E-state index in [-0.39, 0.29) is 5.56 Å². The van der Waals surface area contributed by atoms with Crippen molar-refractivity contribution in [3.05, 3.63) is 91.6 Å². The lowest BCUT2D eigenvalue weighted by Crippen LogP contribution is -2.34. The van der Waals surface area contributed by atoms with Crippen LogP contribution in [0.15, 0.2) is 73.3 Å². The lowest BCUT2D eigenvalue weighted by atomic mass is 9.90. The molecule has 0 aliphatic carbocycles. The fourth-order valence-corrected chi connectivity index (χ4v) is 6.42. The molecule has 5 aromatic rings. The highest BCUT2D eigenvalue weighted by molar-refractivity contribution is 7.17. The normalized spacial score (nSPS) is 15.2. The second-order valence-corrected chi connectivity index (χ2v) is 10.2. The maximum absolute atomic E-state index is 13.3. The first-order valence-electron chi connectivity index (χ1n) is 12.1. The molecule has 0 N–H and O–H groups in total. The van der Waals surface area contributed by atoms with Gasteiger partial charge in [-0.05, 0) is 48.9 Å². The Morgan fingerprint density at radius 1 is 1.06 bits per heavy atom. The van der Waals surface area contributed by atoms with Gasteiger partial charge >= 0.3 is 5.63 Å². The number of aromatic nitrogens is 2. The summed E-state index contributed by atoms with van der Waals surface area (Å²) in [4.78, 5) is 33.7. The molecule has 3 aromatic heterocycles. The molecular formula is C28H22N4O3S. The van der Waals surface area contributed by atoms with Crippen LogP contribution in [-0.4, -0.2) is 29.0 Å². The molecule has 0 radical (unpaired) electrons. The van der Waals surface area contributed by atoms with Gasteiger partial charge in [0.1, 0.15) is 16.7 Å². The summed E-state index contributed by atoms with van der Waals surface area (Å²) in [5.74, 6) is 0. The fraction of sp³-hybridized carbons (Fsp3) is 0.214. The lowest BCUT2D eigenvalue weighted by Gasteiger charge is -2.37. The highest BCUT2D eigenvalue weighted by Crippen LogP contribution is 2.39. The second-order valence-electron chi connectivity index (χ2n) is 9.30. The molecule has 7 rings (SSSR count). The van der Waals surface area contributed by atoms with E-state index < -0.39 is 5.63 Å². The molecule has 2 aromatic carbocycles. The predicted octanol–water partition coefficient (Wildman–Crippen LogP) is 4.81. The minimum Gasteiger partial charge on any atom is -0.422 e. The third kappa shape index (κ3) is 3.32. The van der Waals surface area contributed by atoms with Crippen molar-refractivity contribution < 1.29 is 4.42 Å². The first-order valence-corrected chi connectivity index (χ1v) is 13.0. The van der Waals surface area contributed by atoms with Crippen LogP contribution < -0.4 is 16.1 Å². The average Bonchev–Trinajstić information content (AvgIpc) is 3.35. The van der Waals surface area contributed by atoms with Gasteiger partial charge < -0.3 is 9.32 Å².